The molecule has 0 aromatic rings. The number of nitrogens with one attached hydrogen (secondary N) is 2. The van der Waals surface area contributed by atoms with Gasteiger partial charge in [-0.2, -0.15) is 0 Å². The molecule has 3 unspecified atom stereocenters. The molecule has 0 saturated carbocycles. The summed E-state index contributed by atoms with van der Waals surface area (Å²) in [6.45, 7) is 5.22. The van der Waals surface area contributed by atoms with Crippen LogP contribution < -0.4 is 10.6 Å². The highest BCUT2D eigenvalue weighted by Gasteiger charge is 2.42. The van der Waals surface area contributed by atoms with Gasteiger partial charge in [-0.25, -0.2) is 0 Å². The van der Waals surface area contributed by atoms with E-state index < -0.39 is 0 Å². The van der Waals surface area contributed by atoms with Crippen molar-refractivity contribution in [3.63, 3.8) is 0 Å². The molecule has 2 heterocycles. The average molecular weight is 254 g/mol. The Hall–Kier alpha value is -0.610. The molecule has 104 valence electrons. The molecule has 2 aliphatic heterocycles. The van der Waals surface area contributed by atoms with Crippen LogP contribution in [-0.2, 0) is 4.79 Å². The first kappa shape index (κ1) is 13.8. The summed E-state index contributed by atoms with van der Waals surface area (Å²) in [7, 11) is 0. The number of hydrogen-bond acceptors (Lipinski definition) is 3. The van der Waals surface area contributed by atoms with Gasteiger partial charge in [0.05, 0.1) is 5.92 Å². The van der Waals surface area contributed by atoms with Crippen LogP contribution in [0.3, 0.4) is 0 Å². The molecule has 0 spiro atoms. The Balaban J connectivity index is 1.74. The van der Waals surface area contributed by atoms with Crippen molar-refractivity contribution in [2.24, 2.45) is 11.3 Å². The highest BCUT2D eigenvalue weighted by Crippen LogP contribution is 2.33. The normalized spacial score (nSPS) is 30.7. The molecule has 0 aromatic carbocycles. The summed E-state index contributed by atoms with van der Waals surface area (Å²) < 4.78 is 0. The Morgan fingerprint density at radius 1 is 1.44 bits per heavy atom. The topological polar surface area (TPSA) is 61.4 Å². The molecule has 4 heteroatoms. The lowest BCUT2D eigenvalue weighted by molar-refractivity contribution is -0.126. The molecule has 1 amide bonds. The fraction of sp³-hybridized carbons (Fsp3) is 0.929. The van der Waals surface area contributed by atoms with Crippen molar-refractivity contribution in [3.8, 4) is 0 Å². The zero-order valence-corrected chi connectivity index (χ0v) is 11.5. The minimum Gasteiger partial charge on any atom is -0.396 e. The number of aliphatic hydroxyl groups is 1. The Bertz CT molecular complexity index is 304. The molecule has 2 bridgehead atoms. The SMILES string of the molecule is CC(C)(CCCO)CNC(=O)C1CC2CCC1N2. The number of carbonyl (C=O) groups is 1. The minimum absolute atomic E-state index is 0.0729. The van der Waals surface area contributed by atoms with E-state index in [1.165, 1.54) is 6.42 Å². The van der Waals surface area contributed by atoms with Gasteiger partial charge in [-0.3, -0.25) is 4.79 Å². The number of amides is 1. The summed E-state index contributed by atoms with van der Waals surface area (Å²) in [6.07, 6.45) is 5.14. The van der Waals surface area contributed by atoms with Gasteiger partial charge in [0, 0.05) is 25.2 Å². The van der Waals surface area contributed by atoms with E-state index in [2.05, 4.69) is 24.5 Å². The van der Waals surface area contributed by atoms with Crippen molar-refractivity contribution in [3.05, 3.63) is 0 Å². The molecule has 4 nitrogen and oxygen atoms in total. The largest absolute Gasteiger partial charge is 0.396 e. The van der Waals surface area contributed by atoms with Gasteiger partial charge in [-0.15, -0.1) is 0 Å². The molecule has 2 saturated heterocycles. The van der Waals surface area contributed by atoms with Crippen LogP contribution in [0, 0.1) is 11.3 Å². The highest BCUT2D eigenvalue weighted by atomic mass is 16.2. The predicted octanol–water partition coefficient (Wildman–Crippen LogP) is 1.04. The average Bonchev–Trinajstić information content (AvgIpc) is 2.96. The smallest absolute Gasteiger partial charge is 0.224 e. The van der Waals surface area contributed by atoms with Crippen LogP contribution in [0.1, 0.15) is 46.0 Å². The molecule has 2 rings (SSSR count). The second-order valence-corrected chi connectivity index (χ2v) is 6.60. The Labute approximate surface area is 110 Å². The van der Waals surface area contributed by atoms with E-state index in [-0.39, 0.29) is 23.8 Å². The lowest BCUT2D eigenvalue weighted by Gasteiger charge is -2.27. The van der Waals surface area contributed by atoms with Crippen molar-refractivity contribution < 1.29 is 9.90 Å². The second-order valence-electron chi connectivity index (χ2n) is 6.60. The van der Waals surface area contributed by atoms with Crippen molar-refractivity contribution >= 4 is 5.91 Å². The summed E-state index contributed by atoms with van der Waals surface area (Å²) in [4.78, 5) is 12.2. The summed E-state index contributed by atoms with van der Waals surface area (Å²) >= 11 is 0. The lowest BCUT2D eigenvalue weighted by atomic mass is 9.86. The predicted molar refractivity (Wildman–Crippen MR) is 71.2 cm³/mol. The zero-order valence-electron chi connectivity index (χ0n) is 11.5. The maximum Gasteiger partial charge on any atom is 0.224 e. The van der Waals surface area contributed by atoms with Gasteiger partial charge in [-0.05, 0) is 37.5 Å². The number of aliphatic hydroxyl groups excluding tert-OH is 1. The van der Waals surface area contributed by atoms with Gasteiger partial charge >= 0.3 is 0 Å². The third-order valence-corrected chi connectivity index (χ3v) is 4.39. The van der Waals surface area contributed by atoms with Gasteiger partial charge in [0.25, 0.3) is 0 Å². The van der Waals surface area contributed by atoms with E-state index in [0.29, 0.717) is 18.6 Å². The van der Waals surface area contributed by atoms with Gasteiger partial charge in [0.2, 0.25) is 5.91 Å². The maximum absolute atomic E-state index is 12.2. The molecule has 2 aliphatic rings. The number of fused-ring (bicyclic) bond motifs is 2. The van der Waals surface area contributed by atoms with E-state index in [1.807, 2.05) is 0 Å². The number of carbonyl (C=O) groups excluding carboxylic acids is 1. The van der Waals surface area contributed by atoms with E-state index in [9.17, 15) is 4.79 Å². The first-order chi connectivity index (χ1) is 8.52. The molecular weight excluding hydrogens is 228 g/mol. The fourth-order valence-corrected chi connectivity index (χ4v) is 3.22. The van der Waals surface area contributed by atoms with Crippen molar-refractivity contribution in [2.45, 2.75) is 58.0 Å². The molecule has 0 radical (unpaired) electrons. The molecule has 2 fully saturated rings. The maximum atomic E-state index is 12.2. The summed E-state index contributed by atoms with van der Waals surface area (Å²) in [5.41, 5.74) is 0.0729. The van der Waals surface area contributed by atoms with Crippen LogP contribution in [-0.4, -0.2) is 36.2 Å². The van der Waals surface area contributed by atoms with Crippen molar-refractivity contribution in [1.82, 2.24) is 10.6 Å². The molecule has 18 heavy (non-hydrogen) atoms. The zero-order chi connectivity index (χ0) is 13.2. The fourth-order valence-electron chi connectivity index (χ4n) is 3.22. The van der Waals surface area contributed by atoms with E-state index in [4.69, 9.17) is 5.11 Å². The Kier molecular flexibility index (Phi) is 4.28. The van der Waals surface area contributed by atoms with E-state index in [0.717, 1.165) is 25.7 Å². The molecule has 0 aliphatic carbocycles. The van der Waals surface area contributed by atoms with Crippen LogP contribution in [0.5, 0.6) is 0 Å². The third kappa shape index (κ3) is 3.23. The molecule has 3 atom stereocenters. The van der Waals surface area contributed by atoms with Crippen LogP contribution in [0.2, 0.25) is 0 Å². The second kappa shape index (κ2) is 5.57. The minimum atomic E-state index is 0.0729. The Morgan fingerprint density at radius 2 is 2.22 bits per heavy atom. The standard InChI is InChI=1S/C14H26N2O2/c1-14(2,6-3-7-17)9-15-13(18)11-8-10-4-5-12(11)16-10/h10-12,16-17H,3-9H2,1-2H3,(H,15,18). The van der Waals surface area contributed by atoms with Gasteiger partial charge < -0.3 is 15.7 Å². The lowest BCUT2D eigenvalue weighted by Crippen LogP contribution is -2.41. The number of hydrogen-bond donors (Lipinski definition) is 3. The van der Waals surface area contributed by atoms with Crippen molar-refractivity contribution in [2.75, 3.05) is 13.2 Å². The summed E-state index contributed by atoms with van der Waals surface area (Å²) in [6, 6.07) is 0.990. The third-order valence-electron chi connectivity index (χ3n) is 4.39. The van der Waals surface area contributed by atoms with E-state index in [1.54, 1.807) is 0 Å². The first-order valence-corrected chi connectivity index (χ1v) is 7.16. The van der Waals surface area contributed by atoms with Crippen LogP contribution in [0.15, 0.2) is 0 Å². The summed E-state index contributed by atoms with van der Waals surface area (Å²) in [5, 5.41) is 15.4. The quantitative estimate of drug-likeness (QED) is 0.664. The summed E-state index contributed by atoms with van der Waals surface area (Å²) in [5.74, 6) is 0.393. The molecular formula is C14H26N2O2. The first-order valence-electron chi connectivity index (χ1n) is 7.16. The molecule has 0 aromatic heterocycles. The van der Waals surface area contributed by atoms with Crippen LogP contribution >= 0.6 is 0 Å². The highest BCUT2D eigenvalue weighted by molar-refractivity contribution is 5.80. The van der Waals surface area contributed by atoms with Crippen molar-refractivity contribution in [1.29, 1.82) is 0 Å². The van der Waals surface area contributed by atoms with Gasteiger partial charge in [0.15, 0.2) is 0 Å². The van der Waals surface area contributed by atoms with Gasteiger partial charge in [-0.1, -0.05) is 13.8 Å². The monoisotopic (exact) mass is 254 g/mol. The van der Waals surface area contributed by atoms with E-state index >= 15 is 0 Å². The van der Waals surface area contributed by atoms with Crippen LogP contribution in [0.4, 0.5) is 0 Å². The Morgan fingerprint density at radius 3 is 2.78 bits per heavy atom. The number of rotatable bonds is 6. The van der Waals surface area contributed by atoms with Gasteiger partial charge in [0.1, 0.15) is 0 Å². The van der Waals surface area contributed by atoms with Crippen LogP contribution in [0.25, 0.3) is 0 Å². The molecule has 3 N–H and O–H groups in total.